The highest BCUT2D eigenvalue weighted by Crippen LogP contribution is 2.10. The number of unbranched alkanes of at least 4 members (excludes halogenated alkanes) is 1. The number of hydrogen-bond acceptors (Lipinski definition) is 4. The predicted octanol–water partition coefficient (Wildman–Crippen LogP) is 3.59. The smallest absolute Gasteiger partial charge is 0.257 e. The Morgan fingerprint density at radius 3 is 2.39 bits per heavy atom. The summed E-state index contributed by atoms with van der Waals surface area (Å²) >= 11 is 0. The highest BCUT2D eigenvalue weighted by molar-refractivity contribution is 5.94. The predicted molar refractivity (Wildman–Crippen MR) is 121 cm³/mol. The number of halogens is 1. The first kappa shape index (κ1) is 24.2. The van der Waals surface area contributed by atoms with Gasteiger partial charge < -0.3 is 5.32 Å². The molecular weight excluding hydrogens is 395 g/mol. The molecule has 6 nitrogen and oxygen atoms in total. The molecule has 0 aliphatic carbocycles. The third-order valence-electron chi connectivity index (χ3n) is 5.07. The number of hydrazone groups is 1. The van der Waals surface area contributed by atoms with Crippen molar-refractivity contribution in [1.82, 2.24) is 15.6 Å². The fraction of sp³-hybridized carbons (Fsp3) is 0.375. The van der Waals surface area contributed by atoms with Crippen molar-refractivity contribution in [3.05, 3.63) is 71.5 Å². The summed E-state index contributed by atoms with van der Waals surface area (Å²) in [6.45, 7) is 6.03. The molecule has 0 saturated carbocycles. The second-order valence-corrected chi connectivity index (χ2v) is 7.11. The van der Waals surface area contributed by atoms with E-state index in [4.69, 9.17) is 0 Å². The van der Waals surface area contributed by atoms with Gasteiger partial charge in [-0.05, 0) is 50.6 Å². The van der Waals surface area contributed by atoms with Crippen LogP contribution in [0.3, 0.4) is 0 Å². The van der Waals surface area contributed by atoms with Gasteiger partial charge in [-0.15, -0.1) is 0 Å². The van der Waals surface area contributed by atoms with E-state index in [1.807, 2.05) is 32.0 Å². The van der Waals surface area contributed by atoms with Crippen LogP contribution in [0.25, 0.3) is 0 Å². The van der Waals surface area contributed by atoms with Gasteiger partial charge in [0.1, 0.15) is 5.82 Å². The molecule has 166 valence electrons. The van der Waals surface area contributed by atoms with E-state index in [1.165, 1.54) is 12.3 Å². The van der Waals surface area contributed by atoms with E-state index in [9.17, 15) is 14.0 Å². The van der Waals surface area contributed by atoms with Crippen molar-refractivity contribution in [3.8, 4) is 0 Å². The Kier molecular flexibility index (Phi) is 10.4. The molecule has 2 aromatic carbocycles. The van der Waals surface area contributed by atoms with E-state index >= 15 is 0 Å². The van der Waals surface area contributed by atoms with Crippen LogP contribution in [0.1, 0.15) is 49.0 Å². The van der Waals surface area contributed by atoms with Crippen LogP contribution in [0, 0.1) is 5.82 Å². The van der Waals surface area contributed by atoms with Gasteiger partial charge in [0.25, 0.3) is 11.8 Å². The number of nitrogens with one attached hydrogen (secondary N) is 2. The Morgan fingerprint density at radius 2 is 1.71 bits per heavy atom. The Labute approximate surface area is 183 Å². The molecule has 2 amide bonds. The summed E-state index contributed by atoms with van der Waals surface area (Å²) in [6.07, 6.45) is 3.50. The summed E-state index contributed by atoms with van der Waals surface area (Å²) in [5, 5.41) is 6.83. The standard InChI is InChI=1S/C24H31FN4O2/c1-3-29(4-2)22(24(31)28-27-18-20-14-8-9-15-21(20)25)16-10-11-17-26-23(30)19-12-6-5-7-13-19/h5-9,12-15,18,22H,3-4,10-11,16-17H2,1-2H3,(H,26,30)(H,28,31)/b27-18+. The minimum absolute atomic E-state index is 0.0962. The lowest BCUT2D eigenvalue weighted by molar-refractivity contribution is -0.126. The lowest BCUT2D eigenvalue weighted by Crippen LogP contribution is -2.45. The zero-order chi connectivity index (χ0) is 22.5. The van der Waals surface area contributed by atoms with Gasteiger partial charge in [0.15, 0.2) is 0 Å². The van der Waals surface area contributed by atoms with Crippen molar-refractivity contribution < 1.29 is 14.0 Å². The van der Waals surface area contributed by atoms with Gasteiger partial charge in [0, 0.05) is 17.7 Å². The molecule has 0 heterocycles. The summed E-state index contributed by atoms with van der Waals surface area (Å²) in [6, 6.07) is 15.0. The summed E-state index contributed by atoms with van der Waals surface area (Å²) in [7, 11) is 0. The molecular formula is C24H31FN4O2. The van der Waals surface area contributed by atoms with Gasteiger partial charge in [-0.25, -0.2) is 9.82 Å². The molecule has 7 heteroatoms. The fourth-order valence-corrected chi connectivity index (χ4v) is 3.32. The van der Waals surface area contributed by atoms with Gasteiger partial charge in [-0.3, -0.25) is 14.5 Å². The van der Waals surface area contributed by atoms with E-state index < -0.39 is 5.82 Å². The molecule has 0 spiro atoms. The highest BCUT2D eigenvalue weighted by Gasteiger charge is 2.23. The molecule has 2 rings (SSSR count). The molecule has 0 aliphatic heterocycles. The highest BCUT2D eigenvalue weighted by atomic mass is 19.1. The van der Waals surface area contributed by atoms with Gasteiger partial charge in [0.2, 0.25) is 0 Å². The summed E-state index contributed by atoms with van der Waals surface area (Å²) in [4.78, 5) is 26.9. The molecule has 0 fully saturated rings. The monoisotopic (exact) mass is 426 g/mol. The normalized spacial score (nSPS) is 12.1. The van der Waals surface area contributed by atoms with Crippen LogP contribution in [0.5, 0.6) is 0 Å². The summed E-state index contributed by atoms with van der Waals surface area (Å²) < 4.78 is 13.7. The molecule has 0 radical (unpaired) electrons. The minimum atomic E-state index is -0.390. The maximum Gasteiger partial charge on any atom is 0.257 e. The number of nitrogens with zero attached hydrogens (tertiary/aromatic N) is 2. The quantitative estimate of drug-likeness (QED) is 0.309. The van der Waals surface area contributed by atoms with Crippen LogP contribution in [-0.2, 0) is 4.79 Å². The first-order valence-electron chi connectivity index (χ1n) is 10.7. The van der Waals surface area contributed by atoms with Crippen LogP contribution in [0.4, 0.5) is 4.39 Å². The number of hydrogen-bond donors (Lipinski definition) is 2. The van der Waals surface area contributed by atoms with Gasteiger partial charge in [0.05, 0.1) is 12.3 Å². The first-order valence-corrected chi connectivity index (χ1v) is 10.7. The molecule has 0 bridgehead atoms. The van der Waals surface area contributed by atoms with E-state index in [0.29, 0.717) is 24.1 Å². The van der Waals surface area contributed by atoms with Crippen molar-refractivity contribution in [1.29, 1.82) is 0 Å². The lowest BCUT2D eigenvalue weighted by Gasteiger charge is -2.28. The number of likely N-dealkylation sites (N-methyl/N-ethyl adjacent to an activating group) is 1. The second-order valence-electron chi connectivity index (χ2n) is 7.11. The second kappa shape index (κ2) is 13.3. The average molecular weight is 427 g/mol. The Bertz CT molecular complexity index is 854. The third kappa shape index (κ3) is 7.94. The topological polar surface area (TPSA) is 73.8 Å². The van der Waals surface area contributed by atoms with E-state index in [0.717, 1.165) is 25.9 Å². The molecule has 2 aromatic rings. The molecule has 1 atom stereocenters. The van der Waals surface area contributed by atoms with Crippen LogP contribution in [0.15, 0.2) is 59.7 Å². The minimum Gasteiger partial charge on any atom is -0.352 e. The van der Waals surface area contributed by atoms with Crippen LogP contribution >= 0.6 is 0 Å². The van der Waals surface area contributed by atoms with E-state index in [2.05, 4.69) is 20.7 Å². The number of benzene rings is 2. The number of carbonyl (C=O) groups excluding carboxylic acids is 2. The molecule has 0 aromatic heterocycles. The van der Waals surface area contributed by atoms with Crippen molar-refractivity contribution in [3.63, 3.8) is 0 Å². The van der Waals surface area contributed by atoms with Gasteiger partial charge in [-0.1, -0.05) is 50.2 Å². The maximum atomic E-state index is 13.7. The van der Waals surface area contributed by atoms with Gasteiger partial charge >= 0.3 is 0 Å². The van der Waals surface area contributed by atoms with Gasteiger partial charge in [-0.2, -0.15) is 5.10 Å². The largest absolute Gasteiger partial charge is 0.352 e. The van der Waals surface area contributed by atoms with Crippen molar-refractivity contribution in [2.75, 3.05) is 19.6 Å². The molecule has 1 unspecified atom stereocenters. The van der Waals surface area contributed by atoms with Crippen molar-refractivity contribution in [2.45, 2.75) is 39.2 Å². The lowest BCUT2D eigenvalue weighted by atomic mass is 10.1. The van der Waals surface area contributed by atoms with Crippen LogP contribution in [-0.4, -0.2) is 48.6 Å². The summed E-state index contributed by atoms with van der Waals surface area (Å²) in [5.74, 6) is -0.705. The first-order chi connectivity index (χ1) is 15.1. The average Bonchev–Trinajstić information content (AvgIpc) is 2.80. The number of carbonyl (C=O) groups is 2. The Balaban J connectivity index is 1.83. The molecule has 2 N–H and O–H groups in total. The number of rotatable bonds is 12. The van der Waals surface area contributed by atoms with Crippen LogP contribution in [0.2, 0.25) is 0 Å². The van der Waals surface area contributed by atoms with Crippen molar-refractivity contribution >= 4 is 18.0 Å². The molecule has 0 aliphatic rings. The number of amides is 2. The Morgan fingerprint density at radius 1 is 1.03 bits per heavy atom. The molecule has 0 saturated heterocycles. The molecule has 31 heavy (non-hydrogen) atoms. The SMILES string of the molecule is CCN(CC)C(CCCCNC(=O)c1ccccc1)C(=O)N/N=C/c1ccccc1F. The Hall–Kier alpha value is -3.06. The van der Waals surface area contributed by atoms with Crippen LogP contribution < -0.4 is 10.7 Å². The maximum absolute atomic E-state index is 13.7. The van der Waals surface area contributed by atoms with Crippen molar-refractivity contribution in [2.24, 2.45) is 5.10 Å². The fourth-order valence-electron chi connectivity index (χ4n) is 3.32. The zero-order valence-electron chi connectivity index (χ0n) is 18.2. The van der Waals surface area contributed by atoms with E-state index in [-0.39, 0.29) is 17.9 Å². The zero-order valence-corrected chi connectivity index (χ0v) is 18.2. The van der Waals surface area contributed by atoms with E-state index in [1.54, 1.807) is 30.3 Å². The summed E-state index contributed by atoms with van der Waals surface area (Å²) in [5.41, 5.74) is 3.49. The third-order valence-corrected chi connectivity index (χ3v) is 5.07.